The number of hydrogen-bond acceptors (Lipinski definition) is 4. The van der Waals surface area contributed by atoms with Gasteiger partial charge in [0.2, 0.25) is 5.91 Å². The summed E-state index contributed by atoms with van der Waals surface area (Å²) in [7, 11) is 0. The van der Waals surface area contributed by atoms with Gasteiger partial charge in [-0.25, -0.2) is 0 Å². The van der Waals surface area contributed by atoms with E-state index in [0.29, 0.717) is 19.2 Å². The fraction of sp³-hybridized carbons (Fsp3) is 0.667. The smallest absolute Gasteiger partial charge is 0.223 e. The van der Waals surface area contributed by atoms with Gasteiger partial charge in [-0.15, -0.1) is 12.4 Å². The van der Waals surface area contributed by atoms with E-state index < -0.39 is 0 Å². The minimum atomic E-state index is -0.0445. The summed E-state index contributed by atoms with van der Waals surface area (Å²) < 4.78 is 11.2. The summed E-state index contributed by atoms with van der Waals surface area (Å²) in [6, 6.07) is 8.78. The first-order valence-corrected chi connectivity index (χ1v) is 9.95. The highest BCUT2D eigenvalue weighted by Crippen LogP contribution is 2.35. The van der Waals surface area contributed by atoms with Gasteiger partial charge in [-0.3, -0.25) is 4.79 Å². The Hall–Kier alpha value is -1.30. The van der Waals surface area contributed by atoms with E-state index in [9.17, 15) is 4.79 Å². The maximum Gasteiger partial charge on any atom is 0.223 e. The second-order valence-electron chi connectivity index (χ2n) is 7.64. The van der Waals surface area contributed by atoms with E-state index in [-0.39, 0.29) is 29.6 Å². The van der Waals surface area contributed by atoms with Gasteiger partial charge < -0.3 is 20.1 Å². The minimum absolute atomic E-state index is 0. The van der Waals surface area contributed by atoms with E-state index in [1.807, 2.05) is 19.1 Å². The van der Waals surface area contributed by atoms with Crippen molar-refractivity contribution < 1.29 is 14.3 Å². The standard InChI is InChI=1S/C21H32N2O3.ClH/c1-3-26-19-6-4-18(5-7-19)21(9-12-25-13-10-21)15-23-20(24)17-8-11-22-16(2)14-17;/h4-7,16-17,22H,3,8-15H2,1-2H3,(H,23,24);1H/t16-,17-;/m0./s1. The molecular weight excluding hydrogens is 364 g/mol. The molecule has 5 nitrogen and oxygen atoms in total. The van der Waals surface area contributed by atoms with E-state index in [0.717, 1.165) is 51.2 Å². The first-order valence-electron chi connectivity index (χ1n) is 9.95. The third-order valence-electron chi connectivity index (χ3n) is 5.82. The van der Waals surface area contributed by atoms with Gasteiger partial charge in [-0.2, -0.15) is 0 Å². The van der Waals surface area contributed by atoms with E-state index in [4.69, 9.17) is 9.47 Å². The van der Waals surface area contributed by atoms with Crippen LogP contribution in [-0.4, -0.2) is 44.9 Å². The van der Waals surface area contributed by atoms with Crippen molar-refractivity contribution in [1.29, 1.82) is 0 Å². The highest BCUT2D eigenvalue weighted by Gasteiger charge is 2.36. The Morgan fingerprint density at radius 3 is 2.63 bits per heavy atom. The molecule has 2 heterocycles. The molecule has 2 N–H and O–H groups in total. The van der Waals surface area contributed by atoms with Crippen LogP contribution in [0.25, 0.3) is 0 Å². The molecule has 0 radical (unpaired) electrons. The monoisotopic (exact) mass is 396 g/mol. The van der Waals surface area contributed by atoms with Gasteiger partial charge in [0.15, 0.2) is 0 Å². The van der Waals surface area contributed by atoms with Crippen molar-refractivity contribution in [2.75, 3.05) is 32.9 Å². The molecule has 2 saturated heterocycles. The summed E-state index contributed by atoms with van der Waals surface area (Å²) in [5.74, 6) is 1.23. The largest absolute Gasteiger partial charge is 0.494 e. The highest BCUT2D eigenvalue weighted by molar-refractivity contribution is 5.85. The molecule has 6 heteroatoms. The molecule has 152 valence electrons. The van der Waals surface area contributed by atoms with E-state index >= 15 is 0 Å². The Bertz CT molecular complexity index is 588. The predicted octanol–water partition coefficient (Wildman–Crippen LogP) is 3.06. The van der Waals surface area contributed by atoms with Gasteiger partial charge in [0.1, 0.15) is 5.75 Å². The van der Waals surface area contributed by atoms with Crippen LogP contribution in [0.2, 0.25) is 0 Å². The van der Waals surface area contributed by atoms with Crippen molar-refractivity contribution in [1.82, 2.24) is 10.6 Å². The molecule has 1 aromatic carbocycles. The lowest BCUT2D eigenvalue weighted by Gasteiger charge is -2.38. The number of piperidine rings is 1. The molecule has 2 fully saturated rings. The van der Waals surface area contributed by atoms with Gasteiger partial charge in [0.25, 0.3) is 0 Å². The van der Waals surface area contributed by atoms with Crippen LogP contribution in [0.5, 0.6) is 5.75 Å². The lowest BCUT2D eigenvalue weighted by Crippen LogP contribution is -2.48. The zero-order valence-electron chi connectivity index (χ0n) is 16.5. The van der Waals surface area contributed by atoms with Gasteiger partial charge in [-0.1, -0.05) is 12.1 Å². The van der Waals surface area contributed by atoms with Crippen molar-refractivity contribution in [3.8, 4) is 5.75 Å². The van der Waals surface area contributed by atoms with Crippen LogP contribution in [0.3, 0.4) is 0 Å². The molecular formula is C21H33ClN2O3. The minimum Gasteiger partial charge on any atom is -0.494 e. The average molecular weight is 397 g/mol. The number of amides is 1. The number of ether oxygens (including phenoxy) is 2. The van der Waals surface area contributed by atoms with Gasteiger partial charge >= 0.3 is 0 Å². The molecule has 3 rings (SSSR count). The van der Waals surface area contributed by atoms with E-state index in [1.165, 1.54) is 5.56 Å². The maximum absolute atomic E-state index is 12.7. The number of halogens is 1. The van der Waals surface area contributed by atoms with E-state index in [1.54, 1.807) is 0 Å². The summed E-state index contributed by atoms with van der Waals surface area (Å²) in [4.78, 5) is 12.7. The zero-order valence-corrected chi connectivity index (χ0v) is 17.3. The summed E-state index contributed by atoms with van der Waals surface area (Å²) >= 11 is 0. The van der Waals surface area contributed by atoms with Gasteiger partial charge in [0, 0.05) is 37.1 Å². The molecule has 27 heavy (non-hydrogen) atoms. The van der Waals surface area contributed by atoms with Crippen LogP contribution in [0.1, 0.15) is 45.1 Å². The molecule has 0 bridgehead atoms. The van der Waals surface area contributed by atoms with Gasteiger partial charge in [0.05, 0.1) is 6.61 Å². The second-order valence-corrected chi connectivity index (χ2v) is 7.64. The molecule has 2 atom stereocenters. The Kier molecular flexibility index (Phi) is 8.39. The van der Waals surface area contributed by atoms with Crippen LogP contribution in [0, 0.1) is 5.92 Å². The maximum atomic E-state index is 12.7. The second kappa shape index (κ2) is 10.3. The Morgan fingerprint density at radius 1 is 1.30 bits per heavy atom. The molecule has 0 saturated carbocycles. The third kappa shape index (κ3) is 5.59. The number of carbonyl (C=O) groups excluding carboxylic acids is 1. The SMILES string of the molecule is CCOc1ccc(C2(CNC(=O)[C@H]3CCN[C@@H](C)C3)CCOCC2)cc1.Cl. The molecule has 0 spiro atoms. The summed E-state index contributed by atoms with van der Waals surface area (Å²) in [5, 5.41) is 6.68. The normalized spacial score (nSPS) is 24.5. The van der Waals surface area contributed by atoms with Crippen molar-refractivity contribution in [2.24, 2.45) is 5.92 Å². The Balaban J connectivity index is 0.00000261. The third-order valence-corrected chi connectivity index (χ3v) is 5.82. The van der Waals surface area contributed by atoms with Gasteiger partial charge in [-0.05, 0) is 63.8 Å². The van der Waals surface area contributed by atoms with Crippen LogP contribution in [0.15, 0.2) is 24.3 Å². The van der Waals surface area contributed by atoms with E-state index in [2.05, 4.69) is 29.7 Å². The number of carbonyl (C=O) groups is 1. The summed E-state index contributed by atoms with van der Waals surface area (Å²) in [5.41, 5.74) is 1.22. The van der Waals surface area contributed by atoms with Crippen molar-refractivity contribution in [3.63, 3.8) is 0 Å². The fourth-order valence-corrected chi connectivity index (χ4v) is 4.17. The first-order chi connectivity index (χ1) is 12.6. The van der Waals surface area contributed by atoms with Crippen molar-refractivity contribution in [3.05, 3.63) is 29.8 Å². The zero-order chi connectivity index (χ0) is 18.4. The average Bonchev–Trinajstić information content (AvgIpc) is 2.68. The molecule has 0 aromatic heterocycles. The number of nitrogens with one attached hydrogen (secondary N) is 2. The Morgan fingerprint density at radius 2 is 2.00 bits per heavy atom. The number of hydrogen-bond donors (Lipinski definition) is 2. The van der Waals surface area contributed by atoms with Crippen LogP contribution in [-0.2, 0) is 14.9 Å². The molecule has 1 aromatic rings. The van der Waals surface area contributed by atoms with Crippen LogP contribution < -0.4 is 15.4 Å². The topological polar surface area (TPSA) is 59.6 Å². The lowest BCUT2D eigenvalue weighted by atomic mass is 9.74. The van der Waals surface area contributed by atoms with Crippen LogP contribution in [0.4, 0.5) is 0 Å². The lowest BCUT2D eigenvalue weighted by molar-refractivity contribution is -0.126. The predicted molar refractivity (Wildman–Crippen MR) is 110 cm³/mol. The molecule has 2 aliphatic heterocycles. The number of rotatable bonds is 6. The number of benzene rings is 1. The Labute approximate surface area is 169 Å². The molecule has 0 unspecified atom stereocenters. The fourth-order valence-electron chi connectivity index (χ4n) is 4.17. The summed E-state index contributed by atoms with van der Waals surface area (Å²) in [6.45, 7) is 7.91. The summed E-state index contributed by atoms with van der Waals surface area (Å²) in [6.07, 6.45) is 3.72. The molecule has 0 aliphatic carbocycles. The van der Waals surface area contributed by atoms with Crippen LogP contribution >= 0.6 is 12.4 Å². The molecule has 1 amide bonds. The van der Waals surface area contributed by atoms with Crippen molar-refractivity contribution >= 4 is 18.3 Å². The quantitative estimate of drug-likeness (QED) is 0.775. The van der Waals surface area contributed by atoms with Crippen molar-refractivity contribution in [2.45, 2.75) is 51.0 Å². The molecule has 2 aliphatic rings. The highest BCUT2D eigenvalue weighted by atomic mass is 35.5. The first kappa shape index (κ1) is 22.0.